The van der Waals surface area contributed by atoms with Crippen LogP contribution in [-0.2, 0) is 11.2 Å². The van der Waals surface area contributed by atoms with E-state index in [-0.39, 0.29) is 11.7 Å². The van der Waals surface area contributed by atoms with Gasteiger partial charge in [0.25, 0.3) is 0 Å². The first-order valence-electron chi connectivity index (χ1n) is 5.48. The van der Waals surface area contributed by atoms with Crippen molar-refractivity contribution < 1.29 is 9.90 Å². The molecule has 1 heterocycles. The standard InChI is InChI=1S/C12H14N4O2/c13-11(5-8-1-3-10(17)4-2-8)12(18)16-9-6-14-15-7-9/h1-4,6-7,11,17H,5,13H2,(H,14,15)(H,16,18). The maximum absolute atomic E-state index is 11.8. The van der Waals surface area contributed by atoms with Crippen LogP contribution >= 0.6 is 0 Å². The molecule has 6 heteroatoms. The molecule has 1 atom stereocenters. The summed E-state index contributed by atoms with van der Waals surface area (Å²) < 4.78 is 0. The van der Waals surface area contributed by atoms with Gasteiger partial charge in [0.05, 0.1) is 17.9 Å². The number of benzene rings is 1. The number of hydrogen-bond acceptors (Lipinski definition) is 4. The fourth-order valence-corrected chi connectivity index (χ4v) is 1.53. The second-order valence-electron chi connectivity index (χ2n) is 3.95. The van der Waals surface area contributed by atoms with Crippen molar-refractivity contribution in [2.45, 2.75) is 12.5 Å². The number of aromatic nitrogens is 2. The van der Waals surface area contributed by atoms with E-state index in [1.165, 1.54) is 6.20 Å². The van der Waals surface area contributed by atoms with Crippen molar-refractivity contribution >= 4 is 11.6 Å². The zero-order chi connectivity index (χ0) is 13.0. The second kappa shape index (κ2) is 5.33. The molecule has 1 aromatic heterocycles. The molecular weight excluding hydrogens is 232 g/mol. The van der Waals surface area contributed by atoms with Gasteiger partial charge in [0.15, 0.2) is 0 Å². The predicted molar refractivity (Wildman–Crippen MR) is 67.0 cm³/mol. The van der Waals surface area contributed by atoms with Crippen molar-refractivity contribution in [3.8, 4) is 5.75 Å². The lowest BCUT2D eigenvalue weighted by atomic mass is 10.1. The molecule has 1 aromatic carbocycles. The Labute approximate surface area is 104 Å². The third-order valence-corrected chi connectivity index (χ3v) is 2.49. The second-order valence-corrected chi connectivity index (χ2v) is 3.95. The summed E-state index contributed by atoms with van der Waals surface area (Å²) >= 11 is 0. The molecule has 0 aliphatic heterocycles. The van der Waals surface area contributed by atoms with Crippen LogP contribution < -0.4 is 11.1 Å². The molecule has 0 bridgehead atoms. The highest BCUT2D eigenvalue weighted by atomic mass is 16.3. The number of rotatable bonds is 4. The van der Waals surface area contributed by atoms with Crippen LogP contribution in [0.4, 0.5) is 5.69 Å². The van der Waals surface area contributed by atoms with Gasteiger partial charge in [-0.25, -0.2) is 0 Å². The SMILES string of the molecule is NC(Cc1ccc(O)cc1)C(=O)Nc1cn[nH]c1. The van der Waals surface area contributed by atoms with Gasteiger partial charge >= 0.3 is 0 Å². The molecule has 1 amide bonds. The van der Waals surface area contributed by atoms with E-state index in [4.69, 9.17) is 10.8 Å². The molecule has 94 valence electrons. The lowest BCUT2D eigenvalue weighted by Crippen LogP contribution is -2.37. The van der Waals surface area contributed by atoms with Crippen LogP contribution in [0.3, 0.4) is 0 Å². The Kier molecular flexibility index (Phi) is 3.59. The zero-order valence-electron chi connectivity index (χ0n) is 9.63. The first kappa shape index (κ1) is 12.1. The minimum absolute atomic E-state index is 0.190. The average molecular weight is 246 g/mol. The monoisotopic (exact) mass is 246 g/mol. The third-order valence-electron chi connectivity index (χ3n) is 2.49. The highest BCUT2D eigenvalue weighted by Gasteiger charge is 2.14. The third kappa shape index (κ3) is 3.08. The van der Waals surface area contributed by atoms with Crippen molar-refractivity contribution in [1.82, 2.24) is 10.2 Å². The Morgan fingerprint density at radius 3 is 2.78 bits per heavy atom. The van der Waals surface area contributed by atoms with E-state index in [2.05, 4.69) is 15.5 Å². The molecule has 0 saturated heterocycles. The van der Waals surface area contributed by atoms with Gasteiger partial charge in [-0.1, -0.05) is 12.1 Å². The Hall–Kier alpha value is -2.34. The number of nitrogens with one attached hydrogen (secondary N) is 2. The van der Waals surface area contributed by atoms with Gasteiger partial charge in [-0.15, -0.1) is 0 Å². The lowest BCUT2D eigenvalue weighted by Gasteiger charge is -2.11. The van der Waals surface area contributed by atoms with E-state index in [1.54, 1.807) is 30.5 Å². The summed E-state index contributed by atoms with van der Waals surface area (Å²) in [7, 11) is 0. The Morgan fingerprint density at radius 1 is 1.44 bits per heavy atom. The molecule has 18 heavy (non-hydrogen) atoms. The van der Waals surface area contributed by atoms with Gasteiger partial charge in [-0.05, 0) is 24.1 Å². The van der Waals surface area contributed by atoms with Crippen molar-refractivity contribution in [3.05, 3.63) is 42.2 Å². The minimum Gasteiger partial charge on any atom is -0.508 e. The molecule has 0 saturated carbocycles. The molecule has 0 aliphatic rings. The van der Waals surface area contributed by atoms with E-state index in [0.717, 1.165) is 5.56 Å². The van der Waals surface area contributed by atoms with E-state index in [0.29, 0.717) is 12.1 Å². The van der Waals surface area contributed by atoms with Gasteiger partial charge in [0.2, 0.25) is 5.91 Å². The summed E-state index contributed by atoms with van der Waals surface area (Å²) in [5.74, 6) is -0.0837. The average Bonchev–Trinajstić information content (AvgIpc) is 2.85. The number of anilines is 1. The number of nitrogens with zero attached hydrogens (tertiary/aromatic N) is 1. The maximum Gasteiger partial charge on any atom is 0.241 e. The molecule has 1 unspecified atom stereocenters. The smallest absolute Gasteiger partial charge is 0.241 e. The van der Waals surface area contributed by atoms with Crippen LogP contribution in [0.1, 0.15) is 5.56 Å². The van der Waals surface area contributed by atoms with Crippen molar-refractivity contribution in [2.75, 3.05) is 5.32 Å². The van der Waals surface area contributed by atoms with Crippen molar-refractivity contribution in [1.29, 1.82) is 0 Å². The molecule has 6 nitrogen and oxygen atoms in total. The van der Waals surface area contributed by atoms with E-state index in [9.17, 15) is 4.79 Å². The number of phenols is 1. The Balaban J connectivity index is 1.93. The number of carbonyl (C=O) groups excluding carboxylic acids is 1. The van der Waals surface area contributed by atoms with Crippen molar-refractivity contribution in [2.24, 2.45) is 5.73 Å². The number of phenolic OH excluding ortho intramolecular Hbond substituents is 1. The van der Waals surface area contributed by atoms with Gasteiger partial charge in [0, 0.05) is 6.20 Å². The van der Waals surface area contributed by atoms with Crippen molar-refractivity contribution in [3.63, 3.8) is 0 Å². The minimum atomic E-state index is -0.649. The summed E-state index contributed by atoms with van der Waals surface area (Å²) in [6, 6.07) is 5.96. The van der Waals surface area contributed by atoms with Gasteiger partial charge in [-0.2, -0.15) is 5.10 Å². The first-order valence-corrected chi connectivity index (χ1v) is 5.48. The molecule has 0 radical (unpaired) electrons. The number of amides is 1. The van der Waals surface area contributed by atoms with Crippen LogP contribution in [0.25, 0.3) is 0 Å². The molecule has 0 spiro atoms. The van der Waals surface area contributed by atoms with Gasteiger partial charge in [-0.3, -0.25) is 9.89 Å². The van der Waals surface area contributed by atoms with Crippen LogP contribution in [0.15, 0.2) is 36.7 Å². The van der Waals surface area contributed by atoms with Crippen LogP contribution in [0, 0.1) is 0 Å². The topological polar surface area (TPSA) is 104 Å². The summed E-state index contributed by atoms with van der Waals surface area (Å²) in [5.41, 5.74) is 7.27. The van der Waals surface area contributed by atoms with Crippen LogP contribution in [0.5, 0.6) is 5.75 Å². The first-order chi connectivity index (χ1) is 8.65. The molecule has 2 rings (SSSR count). The van der Waals surface area contributed by atoms with E-state index < -0.39 is 6.04 Å². The molecule has 0 aliphatic carbocycles. The summed E-state index contributed by atoms with van der Waals surface area (Å²) in [6.45, 7) is 0. The number of H-pyrrole nitrogens is 1. The lowest BCUT2D eigenvalue weighted by molar-refractivity contribution is -0.117. The summed E-state index contributed by atoms with van der Waals surface area (Å²) in [4.78, 5) is 11.8. The van der Waals surface area contributed by atoms with Crippen LogP contribution in [-0.4, -0.2) is 27.3 Å². The highest BCUT2D eigenvalue weighted by molar-refractivity contribution is 5.94. The summed E-state index contributed by atoms with van der Waals surface area (Å²) in [5, 5.41) is 18.1. The quantitative estimate of drug-likeness (QED) is 0.635. The molecular formula is C12H14N4O2. The molecule has 2 aromatic rings. The Bertz CT molecular complexity index is 507. The normalized spacial score (nSPS) is 12.1. The number of aromatic amines is 1. The summed E-state index contributed by atoms with van der Waals surface area (Å²) in [6.07, 6.45) is 3.49. The highest BCUT2D eigenvalue weighted by Crippen LogP contribution is 2.11. The van der Waals surface area contributed by atoms with E-state index in [1.807, 2.05) is 0 Å². The number of aromatic hydroxyl groups is 1. The Morgan fingerprint density at radius 2 is 2.17 bits per heavy atom. The predicted octanol–water partition coefficient (Wildman–Crippen LogP) is 0.624. The van der Waals surface area contributed by atoms with Crippen LogP contribution in [0.2, 0.25) is 0 Å². The van der Waals surface area contributed by atoms with Gasteiger partial charge in [0.1, 0.15) is 5.75 Å². The fraction of sp³-hybridized carbons (Fsp3) is 0.167. The zero-order valence-corrected chi connectivity index (χ0v) is 9.63. The molecule has 5 N–H and O–H groups in total. The number of carbonyl (C=O) groups is 1. The maximum atomic E-state index is 11.8. The number of nitrogens with two attached hydrogens (primary N) is 1. The fourth-order valence-electron chi connectivity index (χ4n) is 1.53. The number of hydrogen-bond donors (Lipinski definition) is 4. The largest absolute Gasteiger partial charge is 0.508 e. The van der Waals surface area contributed by atoms with E-state index >= 15 is 0 Å². The molecule has 0 fully saturated rings. The van der Waals surface area contributed by atoms with Gasteiger partial charge < -0.3 is 16.2 Å².